The van der Waals surface area contributed by atoms with Crippen molar-refractivity contribution in [2.24, 2.45) is 5.10 Å². The van der Waals surface area contributed by atoms with Gasteiger partial charge in [0.15, 0.2) is 5.13 Å². The fourth-order valence-corrected chi connectivity index (χ4v) is 2.12. The second-order valence-electron chi connectivity index (χ2n) is 3.99. The Bertz CT molecular complexity index is 709. The predicted molar refractivity (Wildman–Crippen MR) is 73.6 cm³/mol. The number of hydrogen-bond acceptors (Lipinski definition) is 6. The molecular formula is C11H10FN5O3S. The second-order valence-corrected chi connectivity index (χ2v) is 5.06. The van der Waals surface area contributed by atoms with Gasteiger partial charge >= 0.3 is 5.69 Å². The number of halogens is 1. The molecule has 0 aliphatic rings. The zero-order valence-corrected chi connectivity index (χ0v) is 11.6. The summed E-state index contributed by atoms with van der Waals surface area (Å²) >= 11 is 0.892. The highest BCUT2D eigenvalue weighted by Crippen LogP contribution is 2.14. The maximum Gasteiger partial charge on any atom is 0.309 e. The van der Waals surface area contributed by atoms with Crippen LogP contribution in [0.4, 0.5) is 10.1 Å². The normalized spacial score (nSPS) is 11.0. The number of nitrogens with zero attached hydrogens (tertiary/aromatic N) is 4. The van der Waals surface area contributed by atoms with Crippen molar-refractivity contribution in [2.45, 2.75) is 13.5 Å². The van der Waals surface area contributed by atoms with Crippen molar-refractivity contribution in [1.29, 1.82) is 0 Å². The van der Waals surface area contributed by atoms with E-state index in [1.54, 1.807) is 0 Å². The molecule has 0 saturated heterocycles. The van der Waals surface area contributed by atoms with Crippen molar-refractivity contribution in [1.82, 2.24) is 15.2 Å². The molecule has 0 radical (unpaired) electrons. The van der Waals surface area contributed by atoms with E-state index in [-0.39, 0.29) is 23.1 Å². The molecule has 110 valence electrons. The molecule has 2 rings (SSSR count). The predicted octanol–water partition coefficient (Wildman–Crippen LogP) is 1.45. The SMILES string of the molecule is Cc1nn(CC(=O)N/N=C/c2ccc(F)s2)cc1[N+](=O)[O-]. The van der Waals surface area contributed by atoms with E-state index in [4.69, 9.17) is 0 Å². The lowest BCUT2D eigenvalue weighted by Gasteiger charge is -1.98. The van der Waals surface area contributed by atoms with Gasteiger partial charge in [-0.05, 0) is 19.1 Å². The van der Waals surface area contributed by atoms with Crippen molar-refractivity contribution in [2.75, 3.05) is 0 Å². The molecule has 0 atom stereocenters. The number of thiophene rings is 1. The average Bonchev–Trinajstić information content (AvgIpc) is 2.96. The molecule has 1 N–H and O–H groups in total. The van der Waals surface area contributed by atoms with Crippen LogP contribution in [0, 0.1) is 22.2 Å². The monoisotopic (exact) mass is 311 g/mol. The van der Waals surface area contributed by atoms with E-state index < -0.39 is 10.8 Å². The largest absolute Gasteiger partial charge is 0.309 e. The van der Waals surface area contributed by atoms with Gasteiger partial charge in [0, 0.05) is 0 Å². The topological polar surface area (TPSA) is 102 Å². The molecule has 0 spiro atoms. The highest BCUT2D eigenvalue weighted by atomic mass is 32.1. The Hall–Kier alpha value is -2.62. The number of amides is 1. The van der Waals surface area contributed by atoms with Crippen molar-refractivity contribution < 1.29 is 14.1 Å². The van der Waals surface area contributed by atoms with E-state index in [9.17, 15) is 19.3 Å². The summed E-state index contributed by atoms with van der Waals surface area (Å²) in [5.41, 5.74) is 2.31. The highest BCUT2D eigenvalue weighted by Gasteiger charge is 2.16. The Morgan fingerprint density at radius 2 is 2.43 bits per heavy atom. The van der Waals surface area contributed by atoms with E-state index in [1.807, 2.05) is 0 Å². The van der Waals surface area contributed by atoms with E-state index in [1.165, 1.54) is 31.5 Å². The molecule has 0 unspecified atom stereocenters. The zero-order valence-electron chi connectivity index (χ0n) is 10.8. The summed E-state index contributed by atoms with van der Waals surface area (Å²) in [6, 6.07) is 2.81. The standard InChI is InChI=1S/C11H10FN5O3S/c1-7-9(17(19)20)5-16(15-7)6-11(18)14-13-4-8-2-3-10(12)21-8/h2-5H,6H2,1H3,(H,14,18)/b13-4+. The first-order chi connectivity index (χ1) is 9.95. The van der Waals surface area contributed by atoms with Gasteiger partial charge in [-0.1, -0.05) is 0 Å². The van der Waals surface area contributed by atoms with Gasteiger partial charge in [0.2, 0.25) is 0 Å². The fraction of sp³-hybridized carbons (Fsp3) is 0.182. The first-order valence-electron chi connectivity index (χ1n) is 5.71. The summed E-state index contributed by atoms with van der Waals surface area (Å²) in [6.07, 6.45) is 2.48. The first-order valence-corrected chi connectivity index (χ1v) is 6.53. The van der Waals surface area contributed by atoms with E-state index in [0.29, 0.717) is 4.88 Å². The quantitative estimate of drug-likeness (QED) is 0.513. The number of nitrogens with one attached hydrogen (secondary N) is 1. The molecule has 0 bridgehead atoms. The zero-order chi connectivity index (χ0) is 15.4. The number of hydrazone groups is 1. The van der Waals surface area contributed by atoms with Crippen LogP contribution in [0.15, 0.2) is 23.4 Å². The van der Waals surface area contributed by atoms with Crippen LogP contribution in [-0.2, 0) is 11.3 Å². The molecule has 2 aromatic heterocycles. The van der Waals surface area contributed by atoms with Crippen molar-refractivity contribution in [3.05, 3.63) is 44.1 Å². The third-order valence-corrected chi connectivity index (χ3v) is 3.21. The minimum atomic E-state index is -0.569. The van der Waals surface area contributed by atoms with Gasteiger partial charge in [-0.25, -0.2) is 5.43 Å². The van der Waals surface area contributed by atoms with Gasteiger partial charge < -0.3 is 0 Å². The van der Waals surface area contributed by atoms with Gasteiger partial charge in [-0.15, -0.1) is 11.3 Å². The number of carbonyl (C=O) groups is 1. The van der Waals surface area contributed by atoms with Crippen molar-refractivity contribution in [3.63, 3.8) is 0 Å². The van der Waals surface area contributed by atoms with Gasteiger partial charge in [0.05, 0.1) is 16.0 Å². The number of aryl methyl sites for hydroxylation is 1. The summed E-state index contributed by atoms with van der Waals surface area (Å²) in [4.78, 5) is 22.2. The third-order valence-electron chi connectivity index (χ3n) is 2.40. The van der Waals surface area contributed by atoms with Gasteiger partial charge in [-0.3, -0.25) is 19.6 Å². The second kappa shape index (κ2) is 6.22. The molecule has 0 fully saturated rings. The Kier molecular flexibility index (Phi) is 4.38. The smallest absolute Gasteiger partial charge is 0.271 e. The molecule has 0 aliphatic heterocycles. The Morgan fingerprint density at radius 3 is 3.00 bits per heavy atom. The third kappa shape index (κ3) is 3.92. The molecule has 10 heteroatoms. The van der Waals surface area contributed by atoms with Crippen LogP contribution in [0.3, 0.4) is 0 Å². The summed E-state index contributed by atoms with van der Waals surface area (Å²) in [7, 11) is 0. The van der Waals surface area contributed by atoms with Crippen LogP contribution in [-0.4, -0.2) is 26.8 Å². The van der Waals surface area contributed by atoms with Crippen molar-refractivity contribution >= 4 is 29.1 Å². The Balaban J connectivity index is 1.91. The molecule has 0 aromatic carbocycles. The minimum Gasteiger partial charge on any atom is -0.271 e. The fourth-order valence-electron chi connectivity index (χ4n) is 1.52. The number of carbonyl (C=O) groups excluding carboxylic acids is 1. The van der Waals surface area contributed by atoms with Crippen LogP contribution >= 0.6 is 11.3 Å². The van der Waals surface area contributed by atoms with Crippen LogP contribution in [0.5, 0.6) is 0 Å². The maximum absolute atomic E-state index is 12.7. The van der Waals surface area contributed by atoms with E-state index in [2.05, 4.69) is 15.6 Å². The van der Waals surface area contributed by atoms with Crippen LogP contribution in [0.1, 0.15) is 10.6 Å². The van der Waals surface area contributed by atoms with E-state index in [0.717, 1.165) is 16.0 Å². The van der Waals surface area contributed by atoms with Crippen molar-refractivity contribution in [3.8, 4) is 0 Å². The molecular weight excluding hydrogens is 301 g/mol. The first kappa shape index (κ1) is 14.8. The maximum atomic E-state index is 12.7. The summed E-state index contributed by atoms with van der Waals surface area (Å²) in [5.74, 6) is -0.499. The van der Waals surface area contributed by atoms with Gasteiger partial charge in [0.1, 0.15) is 18.4 Å². The molecule has 0 aliphatic carbocycles. The van der Waals surface area contributed by atoms with Gasteiger partial charge in [0.25, 0.3) is 5.91 Å². The molecule has 2 aromatic rings. The van der Waals surface area contributed by atoms with Crippen LogP contribution in [0.25, 0.3) is 0 Å². The average molecular weight is 311 g/mol. The lowest BCUT2D eigenvalue weighted by Crippen LogP contribution is -2.23. The minimum absolute atomic E-state index is 0.152. The molecule has 8 nitrogen and oxygen atoms in total. The summed E-state index contributed by atoms with van der Waals surface area (Å²) < 4.78 is 13.9. The summed E-state index contributed by atoms with van der Waals surface area (Å²) in [5, 5.41) is 17.8. The molecule has 2 heterocycles. The lowest BCUT2D eigenvalue weighted by atomic mass is 10.4. The molecule has 21 heavy (non-hydrogen) atoms. The number of nitro groups is 1. The van der Waals surface area contributed by atoms with Gasteiger partial charge in [-0.2, -0.15) is 14.6 Å². The number of hydrogen-bond donors (Lipinski definition) is 1. The van der Waals surface area contributed by atoms with Crippen LogP contribution < -0.4 is 5.43 Å². The number of aromatic nitrogens is 2. The Morgan fingerprint density at radius 1 is 1.67 bits per heavy atom. The molecule has 1 amide bonds. The highest BCUT2D eigenvalue weighted by molar-refractivity contribution is 7.12. The summed E-state index contributed by atoms with van der Waals surface area (Å²) in [6.45, 7) is 1.28. The number of rotatable bonds is 5. The lowest BCUT2D eigenvalue weighted by molar-refractivity contribution is -0.385. The Labute approximate surface area is 122 Å². The van der Waals surface area contributed by atoms with Crippen LogP contribution in [0.2, 0.25) is 0 Å². The van der Waals surface area contributed by atoms with E-state index >= 15 is 0 Å². The molecule has 0 saturated carbocycles.